The Balaban J connectivity index is 1.76. The van der Waals surface area contributed by atoms with Crippen molar-refractivity contribution < 1.29 is 14.5 Å². The van der Waals surface area contributed by atoms with E-state index in [9.17, 15) is 14.9 Å². The molecule has 0 aliphatic rings. The lowest BCUT2D eigenvalue weighted by Gasteiger charge is -2.10. The highest BCUT2D eigenvalue weighted by Crippen LogP contribution is 2.21. The summed E-state index contributed by atoms with van der Waals surface area (Å²) in [6.07, 6.45) is 1.66. The molecule has 0 N–H and O–H groups in total. The fourth-order valence-electron chi connectivity index (χ4n) is 2.48. The number of para-hydroxylation sites is 1. The number of nitro benzene ring substituents is 1. The molecular weight excluding hydrogens is 310 g/mol. The minimum absolute atomic E-state index is 0.0205. The van der Waals surface area contributed by atoms with Crippen LogP contribution in [0.25, 0.3) is 10.9 Å². The number of aromatic nitrogens is 2. The van der Waals surface area contributed by atoms with Gasteiger partial charge in [-0.2, -0.15) is 5.10 Å². The van der Waals surface area contributed by atoms with Gasteiger partial charge in [0.05, 0.1) is 28.7 Å². The van der Waals surface area contributed by atoms with Crippen molar-refractivity contribution >= 4 is 22.4 Å². The van der Waals surface area contributed by atoms with Crippen molar-refractivity contribution in [3.63, 3.8) is 0 Å². The third kappa shape index (κ3) is 3.10. The largest absolute Gasteiger partial charge is 0.491 e. The van der Waals surface area contributed by atoms with Crippen LogP contribution >= 0.6 is 0 Å². The first kappa shape index (κ1) is 15.7. The Morgan fingerprint density at radius 2 is 2.08 bits per heavy atom. The van der Waals surface area contributed by atoms with Gasteiger partial charge in [0, 0.05) is 17.5 Å². The molecule has 3 rings (SSSR count). The van der Waals surface area contributed by atoms with Gasteiger partial charge in [0.2, 0.25) is 0 Å². The van der Waals surface area contributed by atoms with Gasteiger partial charge in [-0.25, -0.2) is 0 Å². The van der Waals surface area contributed by atoms with Crippen LogP contribution in [0.2, 0.25) is 0 Å². The number of benzene rings is 2. The van der Waals surface area contributed by atoms with Crippen LogP contribution in [0.5, 0.6) is 5.75 Å². The molecule has 0 unspecified atom stereocenters. The number of ketones is 1. The number of carbonyl (C=O) groups excluding carboxylic acids is 1. The number of fused-ring (bicyclic) bond motifs is 1. The molecule has 1 heterocycles. The molecule has 0 radical (unpaired) electrons. The molecule has 0 saturated heterocycles. The molecule has 0 fully saturated rings. The Morgan fingerprint density at radius 1 is 1.29 bits per heavy atom. The van der Waals surface area contributed by atoms with Crippen LogP contribution in [0.15, 0.2) is 48.7 Å². The summed E-state index contributed by atoms with van der Waals surface area (Å²) >= 11 is 0. The molecule has 0 atom stereocenters. The average molecular weight is 325 g/mol. The van der Waals surface area contributed by atoms with E-state index in [4.69, 9.17) is 4.74 Å². The molecule has 7 nitrogen and oxygen atoms in total. The second-order valence-corrected chi connectivity index (χ2v) is 5.27. The summed E-state index contributed by atoms with van der Waals surface area (Å²) in [7, 11) is 0. The van der Waals surface area contributed by atoms with E-state index in [-0.39, 0.29) is 11.5 Å². The van der Waals surface area contributed by atoms with Crippen molar-refractivity contribution in [3.05, 3.63) is 64.3 Å². The SMILES string of the molecule is CC(=O)c1ccccc1OCCn1ncc2ccc([N+](=O)[O-])cc21. The van der Waals surface area contributed by atoms with E-state index < -0.39 is 4.92 Å². The van der Waals surface area contributed by atoms with E-state index in [0.29, 0.717) is 30.0 Å². The van der Waals surface area contributed by atoms with Crippen LogP contribution in [0, 0.1) is 10.1 Å². The fourth-order valence-corrected chi connectivity index (χ4v) is 2.48. The predicted octanol–water partition coefficient (Wildman–Crippen LogP) is 3.23. The summed E-state index contributed by atoms with van der Waals surface area (Å²) in [6.45, 7) is 2.20. The molecule has 24 heavy (non-hydrogen) atoms. The number of Topliss-reactive ketones (excluding diaryl/α,β-unsaturated/α-hetero) is 1. The zero-order valence-corrected chi connectivity index (χ0v) is 13.0. The number of non-ortho nitro benzene ring substituents is 1. The Labute approximate surface area is 137 Å². The summed E-state index contributed by atoms with van der Waals surface area (Å²) in [4.78, 5) is 22.0. The molecule has 0 aliphatic carbocycles. The average Bonchev–Trinajstić information content (AvgIpc) is 2.97. The molecule has 0 amide bonds. The Morgan fingerprint density at radius 3 is 2.83 bits per heavy atom. The normalized spacial score (nSPS) is 10.7. The zero-order chi connectivity index (χ0) is 17.1. The van der Waals surface area contributed by atoms with Crippen LogP contribution in [0.3, 0.4) is 0 Å². The van der Waals surface area contributed by atoms with Gasteiger partial charge in [-0.1, -0.05) is 12.1 Å². The number of nitro groups is 1. The molecule has 0 saturated carbocycles. The lowest BCUT2D eigenvalue weighted by atomic mass is 10.1. The number of nitrogens with zero attached hydrogens (tertiary/aromatic N) is 3. The number of ether oxygens (including phenoxy) is 1. The highest BCUT2D eigenvalue weighted by molar-refractivity contribution is 5.96. The molecular formula is C17H15N3O4. The second-order valence-electron chi connectivity index (χ2n) is 5.27. The van der Waals surface area contributed by atoms with E-state index >= 15 is 0 Å². The minimum atomic E-state index is -0.434. The summed E-state index contributed by atoms with van der Waals surface area (Å²) < 4.78 is 7.33. The van der Waals surface area contributed by atoms with Crippen molar-refractivity contribution in [1.29, 1.82) is 0 Å². The van der Waals surface area contributed by atoms with Crippen molar-refractivity contribution in [1.82, 2.24) is 9.78 Å². The standard InChI is InChI=1S/C17H15N3O4/c1-12(21)15-4-2-3-5-17(15)24-9-8-19-16-10-14(20(22)23)7-6-13(16)11-18-19/h2-7,10-11H,8-9H2,1H3. The highest BCUT2D eigenvalue weighted by atomic mass is 16.6. The van der Waals surface area contributed by atoms with Crippen LogP contribution in [0.1, 0.15) is 17.3 Å². The Bertz CT molecular complexity index is 917. The third-order valence-corrected chi connectivity index (χ3v) is 3.67. The van der Waals surface area contributed by atoms with E-state index in [1.54, 1.807) is 41.2 Å². The van der Waals surface area contributed by atoms with Crippen LogP contribution in [0.4, 0.5) is 5.69 Å². The quantitative estimate of drug-likeness (QED) is 0.394. The molecule has 7 heteroatoms. The number of hydrogen-bond acceptors (Lipinski definition) is 5. The predicted molar refractivity (Wildman–Crippen MR) is 88.3 cm³/mol. The molecule has 122 valence electrons. The van der Waals surface area contributed by atoms with E-state index in [2.05, 4.69) is 5.10 Å². The first-order chi connectivity index (χ1) is 11.6. The fraction of sp³-hybridized carbons (Fsp3) is 0.176. The molecule has 2 aromatic carbocycles. The minimum Gasteiger partial charge on any atom is -0.491 e. The molecule has 0 aliphatic heterocycles. The smallest absolute Gasteiger partial charge is 0.271 e. The van der Waals surface area contributed by atoms with Gasteiger partial charge in [-0.05, 0) is 25.1 Å². The maximum atomic E-state index is 11.6. The monoisotopic (exact) mass is 325 g/mol. The van der Waals surface area contributed by atoms with Gasteiger partial charge in [-0.3, -0.25) is 19.6 Å². The number of rotatable bonds is 6. The Hall–Kier alpha value is -3.22. The molecule has 3 aromatic rings. The van der Waals surface area contributed by atoms with Crippen molar-refractivity contribution in [2.45, 2.75) is 13.5 Å². The number of carbonyl (C=O) groups is 1. The first-order valence-corrected chi connectivity index (χ1v) is 7.39. The van der Waals surface area contributed by atoms with Gasteiger partial charge in [-0.15, -0.1) is 0 Å². The highest BCUT2D eigenvalue weighted by Gasteiger charge is 2.11. The maximum absolute atomic E-state index is 11.6. The first-order valence-electron chi connectivity index (χ1n) is 7.39. The maximum Gasteiger partial charge on any atom is 0.271 e. The lowest BCUT2D eigenvalue weighted by molar-refractivity contribution is -0.384. The van der Waals surface area contributed by atoms with Crippen LogP contribution < -0.4 is 4.74 Å². The van der Waals surface area contributed by atoms with Gasteiger partial charge >= 0.3 is 0 Å². The molecule has 0 spiro atoms. The van der Waals surface area contributed by atoms with Gasteiger partial charge < -0.3 is 4.74 Å². The van der Waals surface area contributed by atoms with Crippen molar-refractivity contribution in [2.24, 2.45) is 0 Å². The van der Waals surface area contributed by atoms with Crippen molar-refractivity contribution in [2.75, 3.05) is 6.61 Å². The third-order valence-electron chi connectivity index (χ3n) is 3.67. The van der Waals surface area contributed by atoms with Crippen LogP contribution in [-0.4, -0.2) is 27.1 Å². The number of hydrogen-bond donors (Lipinski definition) is 0. The lowest BCUT2D eigenvalue weighted by Crippen LogP contribution is -2.11. The summed E-state index contributed by atoms with van der Waals surface area (Å²) in [6, 6.07) is 11.6. The molecule has 0 bridgehead atoms. The van der Waals surface area contributed by atoms with E-state index in [0.717, 1.165) is 5.39 Å². The molecule has 1 aromatic heterocycles. The van der Waals surface area contributed by atoms with Crippen molar-refractivity contribution in [3.8, 4) is 5.75 Å². The van der Waals surface area contributed by atoms with E-state index in [1.807, 2.05) is 0 Å². The summed E-state index contributed by atoms with van der Waals surface area (Å²) in [5.74, 6) is 0.457. The topological polar surface area (TPSA) is 87.3 Å². The summed E-state index contributed by atoms with van der Waals surface area (Å²) in [5, 5.41) is 16.0. The van der Waals surface area contributed by atoms with Gasteiger partial charge in [0.25, 0.3) is 5.69 Å². The van der Waals surface area contributed by atoms with Crippen LogP contribution in [-0.2, 0) is 6.54 Å². The zero-order valence-electron chi connectivity index (χ0n) is 13.0. The second kappa shape index (κ2) is 6.49. The van der Waals surface area contributed by atoms with Gasteiger partial charge in [0.1, 0.15) is 12.4 Å². The summed E-state index contributed by atoms with van der Waals surface area (Å²) in [5.41, 5.74) is 1.22. The van der Waals surface area contributed by atoms with Gasteiger partial charge in [0.15, 0.2) is 5.78 Å². The Kier molecular flexibility index (Phi) is 4.24. The van der Waals surface area contributed by atoms with E-state index in [1.165, 1.54) is 19.1 Å².